The number of hydrogen-bond donors (Lipinski definition) is 1. The quantitative estimate of drug-likeness (QED) is 0.0219. The topological polar surface area (TPSA) is 190 Å². The van der Waals surface area contributed by atoms with Gasteiger partial charge in [-0.2, -0.15) is 0 Å². The molecule has 0 radical (unpaired) electrons. The predicted molar refractivity (Wildman–Crippen MR) is 248 cm³/mol. The summed E-state index contributed by atoms with van der Waals surface area (Å²) >= 11 is 12.7. The van der Waals surface area contributed by atoms with Crippen molar-refractivity contribution in [3.05, 3.63) is 79.2 Å². The molecule has 1 amide bonds. The van der Waals surface area contributed by atoms with Crippen LogP contribution in [0.3, 0.4) is 0 Å². The van der Waals surface area contributed by atoms with E-state index in [9.17, 15) is 24.0 Å². The molecule has 0 aliphatic carbocycles. The van der Waals surface area contributed by atoms with E-state index in [1.54, 1.807) is 42.5 Å². The zero-order valence-electron chi connectivity index (χ0n) is 37.1. The number of rotatable bonds is 30. The van der Waals surface area contributed by atoms with Crippen molar-refractivity contribution in [2.24, 2.45) is 0 Å². The van der Waals surface area contributed by atoms with Crippen LogP contribution in [0.25, 0.3) is 0 Å². The van der Waals surface area contributed by atoms with Crippen molar-refractivity contribution in [2.45, 2.75) is 70.8 Å². The molecule has 0 unspecified atom stereocenters. The van der Waals surface area contributed by atoms with E-state index in [0.29, 0.717) is 110 Å². The second-order valence-corrected chi connectivity index (χ2v) is 17.1. The van der Waals surface area contributed by atoms with E-state index in [1.165, 1.54) is 13.8 Å². The van der Waals surface area contributed by atoms with Crippen LogP contribution in [-0.4, -0.2) is 115 Å². The molecule has 0 saturated heterocycles. The average Bonchev–Trinajstić information content (AvgIpc) is 3.58. The number of ketones is 1. The highest BCUT2D eigenvalue weighted by molar-refractivity contribution is 9.11. The lowest BCUT2D eigenvalue weighted by atomic mass is 9.77. The Morgan fingerprint density at radius 2 is 1.12 bits per heavy atom. The van der Waals surface area contributed by atoms with E-state index < -0.39 is 29.6 Å². The van der Waals surface area contributed by atoms with Crippen molar-refractivity contribution in [3.8, 4) is 23.0 Å². The third-order valence-electron chi connectivity index (χ3n) is 10.2. The number of Topliss-reactive ketones (excluding diaryl/α,β-unsaturated/α-hetero) is 1. The highest BCUT2D eigenvalue weighted by atomic mass is 79.9. The number of alkyl halides is 1. The lowest BCUT2D eigenvalue weighted by Gasteiger charge is -2.37. The van der Waals surface area contributed by atoms with Gasteiger partial charge in [0.1, 0.15) is 27.1 Å². The van der Waals surface area contributed by atoms with E-state index in [0.717, 1.165) is 38.5 Å². The maximum Gasteiger partial charge on any atom is 0.407 e. The molecule has 19 heteroatoms. The van der Waals surface area contributed by atoms with Crippen molar-refractivity contribution < 1.29 is 71.3 Å². The standard InChI is InChI=1S/C47H56Br2ClNO15/c1-31(52)63-39-15-13-36-43(41(39)48)65-44-37(14-16-40(42(44)49)64-32(2)53)47(36)35-12-11-33(30-34(35)45(55)66-47)38(54)10-6-5-9-20-58-23-25-60-26-27-61-28-29-62-46(56)51-18-21-59-24-22-57-19-8-4-3-7-17-50/h11-16,30H,3-10,17-29H2,1-2H3,(H,51,56). The van der Waals surface area contributed by atoms with Gasteiger partial charge in [-0.1, -0.05) is 31.4 Å². The zero-order chi connectivity index (χ0) is 47.3. The smallest absolute Gasteiger partial charge is 0.407 e. The lowest BCUT2D eigenvalue weighted by Crippen LogP contribution is -2.33. The number of benzene rings is 3. The molecule has 0 atom stereocenters. The van der Waals surface area contributed by atoms with Crippen molar-refractivity contribution >= 4 is 73.2 Å². The summed E-state index contributed by atoms with van der Waals surface area (Å²) in [6.07, 6.45) is 6.18. The number of carbonyl (C=O) groups excluding carboxylic acids is 5. The average molecular weight is 1070 g/mol. The van der Waals surface area contributed by atoms with Crippen LogP contribution in [0.1, 0.15) is 103 Å². The molecule has 3 aromatic carbocycles. The van der Waals surface area contributed by atoms with Crippen LogP contribution in [-0.2, 0) is 48.3 Å². The Bertz CT molecular complexity index is 2060. The molecular formula is C47H56Br2ClNO15. The molecule has 0 bridgehead atoms. The van der Waals surface area contributed by atoms with Crippen LogP contribution in [0.4, 0.5) is 4.79 Å². The molecule has 3 aromatic rings. The number of amides is 1. The third kappa shape index (κ3) is 14.9. The molecule has 2 aliphatic rings. The summed E-state index contributed by atoms with van der Waals surface area (Å²) < 4.78 is 56.7. The fourth-order valence-electron chi connectivity index (χ4n) is 7.18. The van der Waals surface area contributed by atoms with Gasteiger partial charge in [0.05, 0.1) is 58.4 Å². The maximum atomic E-state index is 13.7. The summed E-state index contributed by atoms with van der Waals surface area (Å²) in [6, 6.07) is 11.4. The van der Waals surface area contributed by atoms with E-state index in [2.05, 4.69) is 37.2 Å². The Kier molecular flexibility index (Phi) is 22.1. The number of halogens is 3. The van der Waals surface area contributed by atoms with Crippen molar-refractivity contribution in [1.82, 2.24) is 5.32 Å². The second kappa shape index (κ2) is 27.6. The zero-order valence-corrected chi connectivity index (χ0v) is 41.1. The number of hydrogen-bond acceptors (Lipinski definition) is 15. The second-order valence-electron chi connectivity index (χ2n) is 15.1. The van der Waals surface area contributed by atoms with Gasteiger partial charge < -0.3 is 52.7 Å². The van der Waals surface area contributed by atoms with Crippen molar-refractivity contribution in [2.75, 3.05) is 85.1 Å². The molecule has 5 rings (SSSR count). The van der Waals surface area contributed by atoms with E-state index in [4.69, 9.17) is 59.0 Å². The third-order valence-corrected chi connectivity index (χ3v) is 12.0. The first-order valence-electron chi connectivity index (χ1n) is 21.9. The van der Waals surface area contributed by atoms with Gasteiger partial charge in [-0.3, -0.25) is 14.4 Å². The van der Waals surface area contributed by atoms with Gasteiger partial charge in [0.25, 0.3) is 0 Å². The number of esters is 3. The van der Waals surface area contributed by atoms with E-state index >= 15 is 0 Å². The number of alkyl carbamates (subject to hydrolysis) is 1. The largest absolute Gasteiger partial charge is 0.454 e. The predicted octanol–water partition coefficient (Wildman–Crippen LogP) is 8.98. The van der Waals surface area contributed by atoms with E-state index in [-0.39, 0.29) is 54.0 Å². The number of fused-ring (bicyclic) bond motifs is 6. The van der Waals surface area contributed by atoms with Crippen LogP contribution < -0.4 is 19.5 Å². The van der Waals surface area contributed by atoms with Crippen LogP contribution in [0.2, 0.25) is 0 Å². The Balaban J connectivity index is 0.965. The number of ether oxygens (including phenoxy) is 10. The minimum Gasteiger partial charge on any atom is -0.454 e. The molecule has 66 heavy (non-hydrogen) atoms. The minimum atomic E-state index is -1.53. The van der Waals surface area contributed by atoms with Crippen LogP contribution in [0, 0.1) is 0 Å². The normalized spacial score (nSPS) is 13.0. The molecule has 1 spiro atoms. The molecule has 0 fully saturated rings. The molecular weight excluding hydrogens is 1010 g/mol. The fourth-order valence-corrected chi connectivity index (χ4v) is 8.39. The number of nitrogens with one attached hydrogen (secondary N) is 1. The SMILES string of the molecule is CC(=O)Oc1ccc2c(c1Br)Oc1c(ccc(OC(C)=O)c1Br)C21OC(=O)c2cc(C(=O)CCCCCOCCOCCOCCOC(=O)NCCOCCOCCCCCCCl)ccc21. The first kappa shape index (κ1) is 52.8. The molecule has 360 valence electrons. The highest BCUT2D eigenvalue weighted by Crippen LogP contribution is 2.61. The summed E-state index contributed by atoms with van der Waals surface area (Å²) in [4.78, 5) is 62.6. The molecule has 0 saturated carbocycles. The first-order chi connectivity index (χ1) is 32.0. The minimum absolute atomic E-state index is 0.117. The van der Waals surface area contributed by atoms with Crippen LogP contribution in [0.15, 0.2) is 51.4 Å². The summed E-state index contributed by atoms with van der Waals surface area (Å²) in [5, 5.41) is 2.62. The Labute approximate surface area is 406 Å². The summed E-state index contributed by atoms with van der Waals surface area (Å²) in [6.45, 7) is 7.35. The molecule has 2 aliphatic heterocycles. The first-order valence-corrected chi connectivity index (χ1v) is 24.1. The molecule has 0 aromatic heterocycles. The van der Waals surface area contributed by atoms with E-state index in [1.807, 2.05) is 0 Å². The Morgan fingerprint density at radius 1 is 0.621 bits per heavy atom. The summed E-state index contributed by atoms with van der Waals surface area (Å²) in [7, 11) is 0. The molecule has 1 N–H and O–H groups in total. The highest BCUT2D eigenvalue weighted by Gasteiger charge is 2.55. The van der Waals surface area contributed by atoms with Crippen LogP contribution >= 0.6 is 43.5 Å². The van der Waals surface area contributed by atoms with Gasteiger partial charge in [-0.05, 0) is 87.9 Å². The lowest BCUT2D eigenvalue weighted by molar-refractivity contribution is -0.132. The summed E-state index contributed by atoms with van der Waals surface area (Å²) in [5.74, 6) is -0.385. The maximum absolute atomic E-state index is 13.7. The summed E-state index contributed by atoms with van der Waals surface area (Å²) in [5.41, 5.74) is 0.418. The van der Waals surface area contributed by atoms with Crippen molar-refractivity contribution in [3.63, 3.8) is 0 Å². The van der Waals surface area contributed by atoms with Crippen LogP contribution in [0.5, 0.6) is 23.0 Å². The van der Waals surface area contributed by atoms with Gasteiger partial charge in [0.2, 0.25) is 0 Å². The van der Waals surface area contributed by atoms with Gasteiger partial charge in [0, 0.05) is 68.2 Å². The number of carbonyl (C=O) groups is 5. The van der Waals surface area contributed by atoms with Gasteiger partial charge in [0.15, 0.2) is 22.9 Å². The van der Waals surface area contributed by atoms with Crippen molar-refractivity contribution in [1.29, 1.82) is 0 Å². The monoisotopic (exact) mass is 1070 g/mol. The molecule has 2 heterocycles. The number of unbranched alkanes of at least 4 members (excludes halogenated alkanes) is 5. The Morgan fingerprint density at radius 3 is 1.68 bits per heavy atom. The van der Waals surface area contributed by atoms with Gasteiger partial charge in [-0.15, -0.1) is 11.6 Å². The molecule has 16 nitrogen and oxygen atoms in total. The Hall–Kier alpha value is -4.14. The van der Waals surface area contributed by atoms with Gasteiger partial charge in [-0.25, -0.2) is 9.59 Å². The van der Waals surface area contributed by atoms with Gasteiger partial charge >= 0.3 is 24.0 Å². The fraction of sp³-hybridized carbons (Fsp3) is 0.511.